The molecule has 172 valence electrons. The zero-order valence-electron chi connectivity index (χ0n) is 19.0. The van der Waals surface area contributed by atoms with Gasteiger partial charge < -0.3 is 4.74 Å². The van der Waals surface area contributed by atoms with Gasteiger partial charge in [-0.3, -0.25) is 9.69 Å². The van der Waals surface area contributed by atoms with E-state index < -0.39 is 11.4 Å². The number of hydrogen-bond donors (Lipinski definition) is 0. The van der Waals surface area contributed by atoms with E-state index >= 15 is 0 Å². The third-order valence-corrected chi connectivity index (χ3v) is 6.20. The lowest BCUT2D eigenvalue weighted by Gasteiger charge is -2.33. The molecule has 0 fully saturated rings. The average Bonchev–Trinajstić information content (AvgIpc) is 2.90. The summed E-state index contributed by atoms with van der Waals surface area (Å²) in [5, 5.41) is -0.572. The average molecular weight is 470 g/mol. The lowest BCUT2D eigenvalue weighted by Crippen LogP contribution is -2.44. The fourth-order valence-corrected chi connectivity index (χ4v) is 4.38. The molecule has 0 radical (unpaired) electrons. The topological polar surface area (TPSA) is 29.5 Å². The standard InChI is InChI=1S/C30H28ClNO2/c31-28(27-19-11-4-12-20-27)29(30(33)34-23-26-17-9-3-10-18-26)32(21-24-13-5-1-6-14-24)22-25-15-7-2-8-16-25/h1-20,28-29H,21-23H2/t28-,29-/m1/s1. The van der Waals surface area contributed by atoms with Gasteiger partial charge in [-0.25, -0.2) is 0 Å². The number of ether oxygens (including phenoxy) is 1. The molecule has 0 spiro atoms. The molecule has 0 N–H and O–H groups in total. The molecule has 2 atom stereocenters. The van der Waals surface area contributed by atoms with Crippen molar-refractivity contribution in [3.05, 3.63) is 144 Å². The zero-order valence-corrected chi connectivity index (χ0v) is 19.7. The second-order valence-corrected chi connectivity index (χ2v) is 8.70. The first-order valence-corrected chi connectivity index (χ1v) is 11.9. The lowest BCUT2D eigenvalue weighted by molar-refractivity contribution is -0.152. The Hall–Kier alpha value is -3.40. The van der Waals surface area contributed by atoms with Crippen LogP contribution in [0, 0.1) is 0 Å². The van der Waals surface area contributed by atoms with Gasteiger partial charge in [0.25, 0.3) is 0 Å². The van der Waals surface area contributed by atoms with Crippen molar-refractivity contribution in [3.8, 4) is 0 Å². The predicted octanol–water partition coefficient (Wildman–Crippen LogP) is 6.78. The van der Waals surface area contributed by atoms with Gasteiger partial charge in [-0.15, -0.1) is 11.6 Å². The summed E-state index contributed by atoms with van der Waals surface area (Å²) >= 11 is 7.03. The highest BCUT2D eigenvalue weighted by molar-refractivity contribution is 6.22. The largest absolute Gasteiger partial charge is 0.460 e. The molecule has 3 nitrogen and oxygen atoms in total. The first-order valence-electron chi connectivity index (χ1n) is 11.4. The Kier molecular flexibility index (Phi) is 8.50. The van der Waals surface area contributed by atoms with Gasteiger partial charge >= 0.3 is 5.97 Å². The van der Waals surface area contributed by atoms with Crippen LogP contribution in [0.25, 0.3) is 0 Å². The van der Waals surface area contributed by atoms with Crippen molar-refractivity contribution in [2.75, 3.05) is 0 Å². The molecule has 4 rings (SSSR count). The Morgan fingerprint density at radius 1 is 0.647 bits per heavy atom. The Morgan fingerprint density at radius 2 is 1.06 bits per heavy atom. The highest BCUT2D eigenvalue weighted by atomic mass is 35.5. The first kappa shape index (κ1) is 23.7. The number of benzene rings is 4. The van der Waals surface area contributed by atoms with Crippen LogP contribution in [0.5, 0.6) is 0 Å². The summed E-state index contributed by atoms with van der Waals surface area (Å²) in [7, 11) is 0. The van der Waals surface area contributed by atoms with Crippen molar-refractivity contribution in [1.29, 1.82) is 0 Å². The van der Waals surface area contributed by atoms with Gasteiger partial charge in [0.05, 0.1) is 5.38 Å². The Bertz CT molecular complexity index is 1100. The third kappa shape index (κ3) is 6.57. The molecule has 4 aromatic carbocycles. The van der Waals surface area contributed by atoms with Gasteiger partial charge in [-0.2, -0.15) is 0 Å². The van der Waals surface area contributed by atoms with Crippen molar-refractivity contribution in [2.24, 2.45) is 0 Å². The molecule has 0 aromatic heterocycles. The van der Waals surface area contributed by atoms with E-state index in [1.54, 1.807) is 0 Å². The molecule has 0 aliphatic carbocycles. The van der Waals surface area contributed by atoms with Gasteiger partial charge in [0.15, 0.2) is 0 Å². The number of carbonyl (C=O) groups is 1. The maximum absolute atomic E-state index is 13.6. The summed E-state index contributed by atoms with van der Waals surface area (Å²) in [6, 6.07) is 39.1. The van der Waals surface area contributed by atoms with Crippen molar-refractivity contribution in [1.82, 2.24) is 4.90 Å². The van der Waals surface area contributed by atoms with Crippen LogP contribution in [-0.2, 0) is 29.2 Å². The van der Waals surface area contributed by atoms with Gasteiger partial charge in [0, 0.05) is 13.1 Å². The summed E-state index contributed by atoms with van der Waals surface area (Å²) in [6.07, 6.45) is 0. The smallest absolute Gasteiger partial charge is 0.325 e. The van der Waals surface area contributed by atoms with Crippen molar-refractivity contribution < 1.29 is 9.53 Å². The molecule has 4 aromatic rings. The Balaban J connectivity index is 1.66. The molecular weight excluding hydrogens is 442 g/mol. The number of nitrogens with zero attached hydrogens (tertiary/aromatic N) is 1. The fourth-order valence-electron chi connectivity index (χ4n) is 3.98. The van der Waals surface area contributed by atoms with E-state index in [2.05, 4.69) is 29.2 Å². The number of alkyl halides is 1. The summed E-state index contributed by atoms with van der Waals surface area (Å²) in [5.41, 5.74) is 4.04. The van der Waals surface area contributed by atoms with Crippen LogP contribution in [0.4, 0.5) is 0 Å². The summed E-state index contributed by atoms with van der Waals surface area (Å²) in [5.74, 6) is -0.334. The molecule has 0 bridgehead atoms. The van der Waals surface area contributed by atoms with Gasteiger partial charge in [-0.05, 0) is 22.3 Å². The second-order valence-electron chi connectivity index (χ2n) is 8.23. The van der Waals surface area contributed by atoms with Crippen LogP contribution in [0.15, 0.2) is 121 Å². The van der Waals surface area contributed by atoms with Crippen molar-refractivity contribution in [3.63, 3.8) is 0 Å². The summed E-state index contributed by atoms with van der Waals surface area (Å²) < 4.78 is 5.82. The molecule has 0 amide bonds. The molecule has 34 heavy (non-hydrogen) atoms. The van der Waals surface area contributed by atoms with Crippen LogP contribution < -0.4 is 0 Å². The number of esters is 1. The van der Waals surface area contributed by atoms with E-state index in [0.717, 1.165) is 22.3 Å². The van der Waals surface area contributed by atoms with Crippen LogP contribution in [0.3, 0.4) is 0 Å². The molecule has 0 saturated heterocycles. The van der Waals surface area contributed by atoms with Crippen LogP contribution in [0.1, 0.15) is 27.6 Å². The monoisotopic (exact) mass is 469 g/mol. The van der Waals surface area contributed by atoms with Crippen molar-refractivity contribution in [2.45, 2.75) is 31.1 Å². The third-order valence-electron chi connectivity index (χ3n) is 5.71. The number of rotatable bonds is 10. The minimum atomic E-state index is -0.673. The number of hydrogen-bond acceptors (Lipinski definition) is 3. The summed E-state index contributed by atoms with van der Waals surface area (Å²) in [6.45, 7) is 1.34. The molecular formula is C30H28ClNO2. The van der Waals surface area contributed by atoms with Crippen LogP contribution >= 0.6 is 11.6 Å². The maximum Gasteiger partial charge on any atom is 0.325 e. The Morgan fingerprint density at radius 3 is 1.53 bits per heavy atom. The van der Waals surface area contributed by atoms with Crippen LogP contribution in [0.2, 0.25) is 0 Å². The van der Waals surface area contributed by atoms with Gasteiger partial charge in [0.2, 0.25) is 0 Å². The quantitative estimate of drug-likeness (QED) is 0.189. The van der Waals surface area contributed by atoms with E-state index in [1.807, 2.05) is 97.1 Å². The maximum atomic E-state index is 13.6. The fraction of sp³-hybridized carbons (Fsp3) is 0.167. The molecule has 4 heteroatoms. The normalized spacial score (nSPS) is 12.8. The second kappa shape index (κ2) is 12.2. The van der Waals surface area contributed by atoms with Crippen LogP contribution in [-0.4, -0.2) is 16.9 Å². The van der Waals surface area contributed by atoms with E-state index in [4.69, 9.17) is 16.3 Å². The number of carbonyl (C=O) groups excluding carboxylic acids is 1. The summed E-state index contributed by atoms with van der Waals surface area (Å²) in [4.78, 5) is 15.7. The highest BCUT2D eigenvalue weighted by Crippen LogP contribution is 2.31. The lowest BCUT2D eigenvalue weighted by atomic mass is 10.0. The highest BCUT2D eigenvalue weighted by Gasteiger charge is 2.35. The molecule has 0 saturated carbocycles. The molecule has 0 aliphatic rings. The SMILES string of the molecule is O=C(OCc1ccccc1)[C@@H]([C@H](Cl)c1ccccc1)N(Cc1ccccc1)Cc1ccccc1. The molecule has 0 aliphatic heterocycles. The van der Waals surface area contributed by atoms with E-state index in [9.17, 15) is 4.79 Å². The first-order chi connectivity index (χ1) is 16.7. The predicted molar refractivity (Wildman–Crippen MR) is 137 cm³/mol. The zero-order chi connectivity index (χ0) is 23.6. The molecule has 0 heterocycles. The minimum absolute atomic E-state index is 0.207. The van der Waals surface area contributed by atoms with Crippen molar-refractivity contribution >= 4 is 17.6 Å². The van der Waals surface area contributed by atoms with E-state index in [0.29, 0.717) is 13.1 Å². The number of halogens is 1. The van der Waals surface area contributed by atoms with Gasteiger partial charge in [-0.1, -0.05) is 121 Å². The van der Waals surface area contributed by atoms with E-state index in [-0.39, 0.29) is 12.6 Å². The van der Waals surface area contributed by atoms with E-state index in [1.165, 1.54) is 0 Å². The van der Waals surface area contributed by atoms with Gasteiger partial charge in [0.1, 0.15) is 12.6 Å². The molecule has 0 unspecified atom stereocenters. The minimum Gasteiger partial charge on any atom is -0.460 e. The Labute approximate surface area is 206 Å².